The van der Waals surface area contributed by atoms with Crippen LogP contribution in [0.5, 0.6) is 0 Å². The molecule has 98 valence electrons. The highest BCUT2D eigenvalue weighted by Crippen LogP contribution is 2.26. The third kappa shape index (κ3) is 3.70. The van der Waals surface area contributed by atoms with E-state index in [2.05, 4.69) is 24.3 Å². The third-order valence-corrected chi connectivity index (χ3v) is 4.15. The van der Waals surface area contributed by atoms with Gasteiger partial charge in [0.15, 0.2) is 0 Å². The molecule has 1 saturated carbocycles. The fourth-order valence-corrected chi connectivity index (χ4v) is 3.17. The number of hydrogen-bond donors (Lipinski definition) is 1. The van der Waals surface area contributed by atoms with Gasteiger partial charge in [0.05, 0.1) is 19.1 Å². The van der Waals surface area contributed by atoms with E-state index in [1.807, 2.05) is 0 Å². The van der Waals surface area contributed by atoms with Crippen molar-refractivity contribution in [3.63, 3.8) is 0 Å². The van der Waals surface area contributed by atoms with Crippen LogP contribution in [0.4, 0.5) is 0 Å². The van der Waals surface area contributed by atoms with Crippen LogP contribution in [0.1, 0.15) is 44.9 Å². The average molecular weight is 238 g/mol. The van der Waals surface area contributed by atoms with Gasteiger partial charge < -0.3 is 10.2 Å². The SMILES string of the molecule is CN(C)C(=NC1CC[NH2+]CC1)C1CCCCC1. The van der Waals surface area contributed by atoms with E-state index in [1.165, 1.54) is 63.9 Å². The van der Waals surface area contributed by atoms with Crippen molar-refractivity contribution in [1.82, 2.24) is 4.90 Å². The molecule has 17 heavy (non-hydrogen) atoms. The van der Waals surface area contributed by atoms with Crippen molar-refractivity contribution < 1.29 is 5.32 Å². The Morgan fingerprint density at radius 1 is 1.00 bits per heavy atom. The molecule has 0 aromatic heterocycles. The van der Waals surface area contributed by atoms with Crippen LogP contribution < -0.4 is 5.32 Å². The largest absolute Gasteiger partial charge is 0.366 e. The maximum atomic E-state index is 5.08. The van der Waals surface area contributed by atoms with Gasteiger partial charge >= 0.3 is 0 Å². The molecule has 1 heterocycles. The number of hydrogen-bond acceptors (Lipinski definition) is 1. The van der Waals surface area contributed by atoms with E-state index in [0.717, 1.165) is 5.92 Å². The Morgan fingerprint density at radius 3 is 2.24 bits per heavy atom. The zero-order valence-corrected chi connectivity index (χ0v) is 11.5. The monoisotopic (exact) mass is 238 g/mol. The van der Waals surface area contributed by atoms with Crippen LogP contribution in [0.25, 0.3) is 0 Å². The minimum atomic E-state index is 0.597. The van der Waals surface area contributed by atoms with Crippen molar-refractivity contribution in [2.75, 3.05) is 27.2 Å². The number of quaternary nitrogens is 1. The van der Waals surface area contributed by atoms with Gasteiger partial charge in [-0.25, -0.2) is 0 Å². The molecule has 2 aliphatic rings. The molecule has 2 fully saturated rings. The van der Waals surface area contributed by atoms with Gasteiger partial charge in [0, 0.05) is 32.9 Å². The second-order valence-electron chi connectivity index (χ2n) is 5.81. The normalized spacial score (nSPS) is 24.9. The molecule has 0 aromatic rings. The maximum Gasteiger partial charge on any atom is 0.102 e. The Hall–Kier alpha value is -0.570. The van der Waals surface area contributed by atoms with E-state index >= 15 is 0 Å². The predicted octanol–water partition coefficient (Wildman–Crippen LogP) is 1.25. The number of nitrogens with two attached hydrogens (primary N) is 1. The highest BCUT2D eigenvalue weighted by Gasteiger charge is 2.23. The maximum absolute atomic E-state index is 5.08. The Bertz CT molecular complexity index is 248. The molecule has 3 heteroatoms. The van der Waals surface area contributed by atoms with E-state index in [-0.39, 0.29) is 0 Å². The van der Waals surface area contributed by atoms with Crippen LogP contribution >= 0.6 is 0 Å². The minimum absolute atomic E-state index is 0.597. The standard InChI is InChI=1S/C14H27N3/c1-17(2)14(12-6-4-3-5-7-12)16-13-8-10-15-11-9-13/h12-13,15H,3-11H2,1-2H3/p+1. The number of piperidine rings is 1. The Kier molecular flexibility index (Phi) is 4.84. The van der Waals surface area contributed by atoms with Crippen LogP contribution in [-0.4, -0.2) is 44.0 Å². The third-order valence-electron chi connectivity index (χ3n) is 4.15. The molecule has 0 spiro atoms. The molecule has 0 aromatic carbocycles. The van der Waals surface area contributed by atoms with Gasteiger partial charge in [-0.2, -0.15) is 0 Å². The molecule has 1 saturated heterocycles. The molecular weight excluding hydrogens is 210 g/mol. The van der Waals surface area contributed by atoms with Crippen molar-refractivity contribution >= 4 is 5.84 Å². The fourth-order valence-electron chi connectivity index (χ4n) is 3.17. The summed E-state index contributed by atoms with van der Waals surface area (Å²) < 4.78 is 0. The molecule has 0 unspecified atom stereocenters. The van der Waals surface area contributed by atoms with E-state index in [0.29, 0.717) is 6.04 Å². The quantitative estimate of drug-likeness (QED) is 0.570. The topological polar surface area (TPSA) is 32.2 Å². The molecule has 2 N–H and O–H groups in total. The molecule has 0 atom stereocenters. The lowest BCUT2D eigenvalue weighted by atomic mass is 9.87. The van der Waals surface area contributed by atoms with Crippen LogP contribution in [0.15, 0.2) is 4.99 Å². The molecule has 0 amide bonds. The first-order valence-corrected chi connectivity index (χ1v) is 7.34. The van der Waals surface area contributed by atoms with Gasteiger partial charge in [0.2, 0.25) is 0 Å². The lowest BCUT2D eigenvalue weighted by Gasteiger charge is -2.30. The van der Waals surface area contributed by atoms with Gasteiger partial charge in [-0.1, -0.05) is 19.3 Å². The lowest BCUT2D eigenvalue weighted by Crippen LogP contribution is -2.86. The van der Waals surface area contributed by atoms with E-state index < -0.39 is 0 Å². The van der Waals surface area contributed by atoms with Crippen molar-refractivity contribution in [2.45, 2.75) is 51.0 Å². The zero-order valence-electron chi connectivity index (χ0n) is 11.5. The Morgan fingerprint density at radius 2 is 1.65 bits per heavy atom. The molecule has 3 nitrogen and oxygen atoms in total. The van der Waals surface area contributed by atoms with E-state index in [4.69, 9.17) is 4.99 Å². The second-order valence-corrected chi connectivity index (χ2v) is 5.81. The summed E-state index contributed by atoms with van der Waals surface area (Å²) in [5.41, 5.74) is 0. The first-order valence-electron chi connectivity index (χ1n) is 7.34. The highest BCUT2D eigenvalue weighted by molar-refractivity contribution is 5.84. The Labute approximate surface area is 106 Å². The minimum Gasteiger partial charge on any atom is -0.366 e. The van der Waals surface area contributed by atoms with Crippen LogP contribution in [0.3, 0.4) is 0 Å². The number of amidine groups is 1. The van der Waals surface area contributed by atoms with Crippen molar-refractivity contribution in [3.8, 4) is 0 Å². The van der Waals surface area contributed by atoms with Crippen LogP contribution in [0, 0.1) is 5.92 Å². The summed E-state index contributed by atoms with van der Waals surface area (Å²) in [5, 5.41) is 2.42. The fraction of sp³-hybridized carbons (Fsp3) is 0.929. The van der Waals surface area contributed by atoms with Crippen molar-refractivity contribution in [3.05, 3.63) is 0 Å². The van der Waals surface area contributed by atoms with Crippen molar-refractivity contribution in [1.29, 1.82) is 0 Å². The number of rotatable bonds is 2. The van der Waals surface area contributed by atoms with Gasteiger partial charge in [0.1, 0.15) is 5.84 Å². The van der Waals surface area contributed by atoms with Gasteiger partial charge in [-0.3, -0.25) is 4.99 Å². The first kappa shape index (κ1) is 12.9. The summed E-state index contributed by atoms with van der Waals surface area (Å²) in [5.74, 6) is 2.13. The first-order chi connectivity index (χ1) is 8.27. The smallest absolute Gasteiger partial charge is 0.102 e. The number of nitrogens with zero attached hydrogens (tertiary/aromatic N) is 2. The highest BCUT2D eigenvalue weighted by atomic mass is 15.1. The van der Waals surface area contributed by atoms with Gasteiger partial charge in [0.25, 0.3) is 0 Å². The second kappa shape index (κ2) is 6.39. The summed E-state index contributed by atoms with van der Waals surface area (Å²) in [4.78, 5) is 7.35. The Balaban J connectivity index is 2.01. The number of aliphatic imine (C=N–C) groups is 1. The summed E-state index contributed by atoms with van der Waals surface area (Å²) in [6.45, 7) is 2.53. The van der Waals surface area contributed by atoms with Gasteiger partial charge in [-0.05, 0) is 12.8 Å². The van der Waals surface area contributed by atoms with E-state index in [1.54, 1.807) is 0 Å². The summed E-state index contributed by atoms with van der Waals surface area (Å²) in [6, 6.07) is 0.597. The van der Waals surface area contributed by atoms with Crippen molar-refractivity contribution in [2.24, 2.45) is 10.9 Å². The van der Waals surface area contributed by atoms with Gasteiger partial charge in [-0.15, -0.1) is 0 Å². The van der Waals surface area contributed by atoms with Crippen LogP contribution in [0.2, 0.25) is 0 Å². The molecule has 2 rings (SSSR count). The summed E-state index contributed by atoms with van der Waals surface area (Å²) >= 11 is 0. The zero-order chi connectivity index (χ0) is 12.1. The molecule has 1 aliphatic heterocycles. The average Bonchev–Trinajstić information content (AvgIpc) is 2.38. The van der Waals surface area contributed by atoms with Crippen LogP contribution in [-0.2, 0) is 0 Å². The molecular formula is C14H28N3+. The predicted molar refractivity (Wildman–Crippen MR) is 72.4 cm³/mol. The molecule has 0 radical (unpaired) electrons. The summed E-state index contributed by atoms with van der Waals surface area (Å²) in [6.07, 6.45) is 9.47. The lowest BCUT2D eigenvalue weighted by molar-refractivity contribution is -0.662. The molecule has 1 aliphatic carbocycles. The molecule has 0 bridgehead atoms. The summed E-state index contributed by atoms with van der Waals surface area (Å²) in [7, 11) is 4.34. The van der Waals surface area contributed by atoms with E-state index in [9.17, 15) is 0 Å².